The number of fused-ring (bicyclic) bond motifs is 9. The summed E-state index contributed by atoms with van der Waals surface area (Å²) >= 11 is 0. The Morgan fingerprint density at radius 2 is 1.42 bits per heavy atom. The molecule has 0 radical (unpaired) electrons. The van der Waals surface area contributed by atoms with Crippen LogP contribution < -0.4 is 5.32 Å². The summed E-state index contributed by atoms with van der Waals surface area (Å²) < 4.78 is 0. The van der Waals surface area contributed by atoms with E-state index in [2.05, 4.69) is 157 Å². The molecule has 9 aliphatic carbocycles. The van der Waals surface area contributed by atoms with E-state index in [1.807, 2.05) is 5.57 Å². The summed E-state index contributed by atoms with van der Waals surface area (Å²) in [6, 6.07) is 25.6. The van der Waals surface area contributed by atoms with E-state index in [4.69, 9.17) is 4.99 Å². The van der Waals surface area contributed by atoms with E-state index in [0.29, 0.717) is 17.3 Å². The Labute approximate surface area is 394 Å². The number of hydrogen-bond acceptors (Lipinski definition) is 2. The first-order valence-electron chi connectivity index (χ1n) is 26.3. The minimum Gasteiger partial charge on any atom is -0.363 e. The van der Waals surface area contributed by atoms with Crippen LogP contribution in [0, 0.1) is 17.8 Å². The highest BCUT2D eigenvalue weighted by Crippen LogP contribution is 2.65. The van der Waals surface area contributed by atoms with Crippen LogP contribution in [0.1, 0.15) is 166 Å². The van der Waals surface area contributed by atoms with Crippen molar-refractivity contribution in [2.24, 2.45) is 22.7 Å². The third-order valence-electron chi connectivity index (χ3n) is 18.4. The van der Waals surface area contributed by atoms with E-state index in [0.717, 1.165) is 36.8 Å². The summed E-state index contributed by atoms with van der Waals surface area (Å²) in [4.78, 5) is 5.29. The fourth-order valence-corrected chi connectivity index (χ4v) is 15.1. The third kappa shape index (κ3) is 6.74. The van der Waals surface area contributed by atoms with Crippen LogP contribution in [-0.4, -0.2) is 5.71 Å². The first-order valence-corrected chi connectivity index (χ1v) is 26.3. The predicted molar refractivity (Wildman–Crippen MR) is 274 cm³/mol. The van der Waals surface area contributed by atoms with Gasteiger partial charge in [0, 0.05) is 28.9 Å². The zero-order chi connectivity index (χ0) is 43.7. The Morgan fingerprint density at radius 1 is 0.621 bits per heavy atom. The molecular weight excluding hydrogens is 797 g/mol. The van der Waals surface area contributed by atoms with Crippen LogP contribution in [0.3, 0.4) is 0 Å². The van der Waals surface area contributed by atoms with Crippen molar-refractivity contribution in [2.45, 2.75) is 138 Å². The van der Waals surface area contributed by atoms with Crippen LogP contribution >= 0.6 is 0 Å². The van der Waals surface area contributed by atoms with E-state index >= 15 is 0 Å². The molecule has 1 N–H and O–H groups in total. The minimum absolute atomic E-state index is 0.115. The minimum atomic E-state index is -0.115. The zero-order valence-electron chi connectivity index (χ0n) is 38.9. The lowest BCUT2D eigenvalue weighted by Crippen LogP contribution is -2.35. The molecule has 66 heavy (non-hydrogen) atoms. The molecule has 2 nitrogen and oxygen atoms in total. The molecular formula is C64H66N2. The summed E-state index contributed by atoms with van der Waals surface area (Å²) in [5, 5.41) is 3.87. The Morgan fingerprint density at radius 3 is 2.20 bits per heavy atom. The van der Waals surface area contributed by atoms with Crippen molar-refractivity contribution in [3.8, 4) is 0 Å². The van der Waals surface area contributed by atoms with Crippen LogP contribution in [-0.2, 0) is 10.8 Å². The molecule has 13 rings (SSSR count). The van der Waals surface area contributed by atoms with Gasteiger partial charge in [0.2, 0.25) is 0 Å². The Hall–Kier alpha value is -5.47. The number of aliphatic imine (C=N–C) groups is 1. The van der Waals surface area contributed by atoms with E-state index in [9.17, 15) is 0 Å². The Kier molecular flexibility index (Phi) is 10.3. The van der Waals surface area contributed by atoms with Gasteiger partial charge >= 0.3 is 0 Å². The lowest BCUT2D eigenvalue weighted by Gasteiger charge is -2.42. The molecule has 0 amide bonds. The van der Waals surface area contributed by atoms with Gasteiger partial charge in [-0.3, -0.25) is 4.99 Å². The first kappa shape index (κ1) is 40.8. The zero-order valence-corrected chi connectivity index (χ0v) is 38.9. The van der Waals surface area contributed by atoms with Crippen LogP contribution in [0.15, 0.2) is 185 Å². The smallest absolute Gasteiger partial charge is 0.145 e. The standard InChI is InChI=1S/C64H66N2/c1-5-16-43(17-6-1)44-26-32-48(33-27-44)59-42-60(66-62(65-59)50-18-7-2-8-19-50)49-34-28-46(29-35-49)45-24-30-47(31-25-45)51-21-15-23-56-61(51)54-41-57-53(40-58(54)64(56)38-13-4-14-39-64)52-20-9-10-22-55(52)63(57)36-11-3-12-37-63/h1-2,5-10,16,18-19,21,24,26-34,40-43,45,49,52,55,62,66H,3-4,11-15,17,20,22-23,25,35-39H2. The fourth-order valence-electron chi connectivity index (χ4n) is 15.1. The second kappa shape index (κ2) is 16.7. The van der Waals surface area contributed by atoms with Crippen LogP contribution in [0.5, 0.6) is 0 Å². The summed E-state index contributed by atoms with van der Waals surface area (Å²) in [5.74, 6) is 2.66. The molecule has 1 aliphatic heterocycles. The number of nitrogens with zero attached hydrogens (tertiary/aromatic N) is 1. The van der Waals surface area contributed by atoms with Gasteiger partial charge in [-0.25, -0.2) is 0 Å². The van der Waals surface area contributed by atoms with Crippen molar-refractivity contribution in [1.29, 1.82) is 0 Å². The van der Waals surface area contributed by atoms with Gasteiger partial charge < -0.3 is 5.32 Å². The molecule has 0 bridgehead atoms. The Balaban J connectivity index is 0.761. The van der Waals surface area contributed by atoms with Crippen LogP contribution in [0.25, 0.3) is 5.57 Å². The number of nitrogens with one attached hydrogen (secondary N) is 1. The molecule has 10 aliphatic rings. The maximum atomic E-state index is 5.29. The summed E-state index contributed by atoms with van der Waals surface area (Å²) in [6.45, 7) is 0. The highest BCUT2D eigenvalue weighted by atomic mass is 15.1. The van der Waals surface area contributed by atoms with Crippen LogP contribution in [0.2, 0.25) is 0 Å². The van der Waals surface area contributed by atoms with Crippen molar-refractivity contribution in [1.82, 2.24) is 5.32 Å². The molecule has 0 aromatic heterocycles. The normalized spacial score (nSPS) is 29.8. The Bertz CT molecular complexity index is 2770. The highest BCUT2D eigenvalue weighted by molar-refractivity contribution is 6.09. The van der Waals surface area contributed by atoms with E-state index in [1.165, 1.54) is 123 Å². The lowest BCUT2D eigenvalue weighted by molar-refractivity contribution is 0.185. The molecule has 2 fully saturated rings. The number of allylic oxidation sites excluding steroid dienone is 19. The second-order valence-electron chi connectivity index (χ2n) is 21.6. The molecule has 3 aromatic carbocycles. The van der Waals surface area contributed by atoms with E-state index < -0.39 is 0 Å². The van der Waals surface area contributed by atoms with Gasteiger partial charge in [-0.15, -0.1) is 0 Å². The van der Waals surface area contributed by atoms with Gasteiger partial charge in [-0.05, 0) is 161 Å². The van der Waals surface area contributed by atoms with Crippen molar-refractivity contribution in [3.05, 3.63) is 219 Å². The van der Waals surface area contributed by atoms with Gasteiger partial charge in [0.05, 0.1) is 5.71 Å². The maximum Gasteiger partial charge on any atom is 0.145 e. The number of rotatable bonds is 6. The SMILES string of the molecule is C1=CCC(c2ccc(C3=NC(c4ccccc4)NC(C4C=CC(C5C=CC(C6=CCCC7=C6c6cc8c(cc6C76CCCCC6)C6CC=CCC6C86CCCCC6)=CC5)=CC4)=C3)cc2)C=C1. The van der Waals surface area contributed by atoms with Gasteiger partial charge in [-0.2, -0.15) is 0 Å². The predicted octanol–water partition coefficient (Wildman–Crippen LogP) is 15.9. The van der Waals surface area contributed by atoms with E-state index in [1.54, 1.807) is 33.4 Å². The molecule has 332 valence electrons. The van der Waals surface area contributed by atoms with Crippen LogP contribution in [0.4, 0.5) is 0 Å². The second-order valence-corrected chi connectivity index (χ2v) is 21.6. The van der Waals surface area contributed by atoms with Gasteiger partial charge in [0.15, 0.2) is 0 Å². The van der Waals surface area contributed by atoms with Crippen molar-refractivity contribution >= 4 is 11.3 Å². The van der Waals surface area contributed by atoms with Crippen molar-refractivity contribution in [2.75, 3.05) is 0 Å². The average Bonchev–Trinajstić information content (AvgIpc) is 3.81. The molecule has 2 heteroatoms. The highest BCUT2D eigenvalue weighted by Gasteiger charge is 2.54. The molecule has 2 spiro atoms. The molecule has 3 aromatic rings. The number of hydrogen-bond donors (Lipinski definition) is 1. The largest absolute Gasteiger partial charge is 0.363 e. The monoisotopic (exact) mass is 863 g/mol. The van der Waals surface area contributed by atoms with E-state index in [-0.39, 0.29) is 17.5 Å². The van der Waals surface area contributed by atoms with Crippen molar-refractivity contribution in [3.63, 3.8) is 0 Å². The fraction of sp³-hybridized carbons (Fsp3) is 0.391. The number of benzene rings is 3. The summed E-state index contributed by atoms with van der Waals surface area (Å²) in [6.07, 6.45) is 55.8. The van der Waals surface area contributed by atoms with Gasteiger partial charge in [0.1, 0.15) is 6.17 Å². The van der Waals surface area contributed by atoms with Crippen molar-refractivity contribution < 1.29 is 0 Å². The maximum absolute atomic E-state index is 5.29. The van der Waals surface area contributed by atoms with Gasteiger partial charge in [0.25, 0.3) is 0 Å². The lowest BCUT2D eigenvalue weighted by atomic mass is 9.62. The average molecular weight is 863 g/mol. The molecule has 2 saturated carbocycles. The molecule has 1 heterocycles. The topological polar surface area (TPSA) is 24.4 Å². The summed E-state index contributed by atoms with van der Waals surface area (Å²) in [5.41, 5.74) is 21.6. The molecule has 6 unspecified atom stereocenters. The third-order valence-corrected chi connectivity index (χ3v) is 18.4. The van der Waals surface area contributed by atoms with Gasteiger partial charge in [-0.1, -0.05) is 184 Å². The molecule has 6 atom stereocenters. The molecule has 0 saturated heterocycles. The quantitative estimate of drug-likeness (QED) is 0.245. The first-order chi connectivity index (χ1) is 32.6. The summed E-state index contributed by atoms with van der Waals surface area (Å²) in [7, 11) is 0.